The molecule has 2 atom stereocenters. The van der Waals surface area contributed by atoms with E-state index in [4.69, 9.17) is 4.74 Å². The zero-order valence-corrected chi connectivity index (χ0v) is 15.8. The summed E-state index contributed by atoms with van der Waals surface area (Å²) in [4.78, 5) is 50.3. The van der Waals surface area contributed by atoms with Gasteiger partial charge in [0.25, 0.3) is 5.91 Å². The molecule has 0 radical (unpaired) electrons. The van der Waals surface area contributed by atoms with Gasteiger partial charge in [0.1, 0.15) is 12.0 Å². The minimum atomic E-state index is -0.878. The summed E-state index contributed by atoms with van der Waals surface area (Å²) in [5, 5.41) is 12.3. The van der Waals surface area contributed by atoms with Gasteiger partial charge in [0, 0.05) is 24.6 Å². The minimum Gasteiger partial charge on any atom is -0.494 e. The van der Waals surface area contributed by atoms with E-state index < -0.39 is 23.7 Å². The van der Waals surface area contributed by atoms with Gasteiger partial charge in [0.15, 0.2) is 17.3 Å². The topological polar surface area (TPSA) is 126 Å². The predicted octanol–water partition coefficient (Wildman–Crippen LogP) is 1.67. The van der Waals surface area contributed by atoms with Crippen LogP contribution in [0.3, 0.4) is 0 Å². The molecule has 8 nitrogen and oxygen atoms in total. The third-order valence-corrected chi connectivity index (χ3v) is 5.54. The number of hydrogen-bond acceptors (Lipinski definition) is 7. The number of fused-ring (bicyclic) bond motifs is 1. The highest BCUT2D eigenvalue weighted by molar-refractivity contribution is 7.09. The van der Waals surface area contributed by atoms with Crippen LogP contribution < -0.4 is 10.2 Å². The van der Waals surface area contributed by atoms with Crippen LogP contribution in [0.1, 0.15) is 16.9 Å². The van der Waals surface area contributed by atoms with E-state index in [9.17, 15) is 24.3 Å². The first-order chi connectivity index (χ1) is 13.9. The second kappa shape index (κ2) is 7.51. The number of Topliss-reactive ketones (excluding diaryl/α,β-unsaturated/α-hetero) is 1. The van der Waals surface area contributed by atoms with Gasteiger partial charge in [-0.05, 0) is 23.8 Å². The van der Waals surface area contributed by atoms with Crippen LogP contribution in [0, 0.1) is 5.92 Å². The smallest absolute Gasteiger partial charge is 0.307 e. The van der Waals surface area contributed by atoms with Crippen molar-refractivity contribution in [2.75, 3.05) is 5.32 Å². The Morgan fingerprint density at radius 1 is 1.24 bits per heavy atom. The van der Waals surface area contributed by atoms with Gasteiger partial charge in [-0.2, -0.15) is 0 Å². The normalized spacial score (nSPS) is 20.6. The van der Waals surface area contributed by atoms with Crippen LogP contribution in [-0.2, 0) is 25.5 Å². The molecule has 2 aliphatic rings. The number of ether oxygens (including phenoxy) is 1. The quantitative estimate of drug-likeness (QED) is 0.518. The molecule has 0 fully saturated rings. The van der Waals surface area contributed by atoms with E-state index in [2.05, 4.69) is 10.3 Å². The Morgan fingerprint density at radius 3 is 2.69 bits per heavy atom. The fourth-order valence-electron chi connectivity index (χ4n) is 3.24. The lowest BCUT2D eigenvalue weighted by Gasteiger charge is -2.29. The van der Waals surface area contributed by atoms with Crippen molar-refractivity contribution >= 4 is 34.5 Å². The maximum absolute atomic E-state index is 12.5. The summed E-state index contributed by atoms with van der Waals surface area (Å²) >= 11 is 0.936. The number of aromatic nitrogens is 1. The standard InChI is InChI=1S/C20H16N2O6S/c23-12-2-1-3-14-17(12)13(24)9-15(28-14)18(25)21-11-6-4-10(5-7-11)8-16-19(26)22-20(27)29-16/h1,3-7,9,14,17,26H,2,8H2,(H,21,25)(H,22,27). The van der Waals surface area contributed by atoms with Crippen LogP contribution in [0.2, 0.25) is 0 Å². The van der Waals surface area contributed by atoms with Gasteiger partial charge >= 0.3 is 4.87 Å². The SMILES string of the molecule is O=C(Nc1ccc(Cc2sc(=O)[nH]c2O)cc1)C1=CC(=O)C2C(=O)CC=CC2O1. The zero-order chi connectivity index (χ0) is 20.5. The largest absolute Gasteiger partial charge is 0.494 e. The first-order valence-electron chi connectivity index (χ1n) is 8.83. The summed E-state index contributed by atoms with van der Waals surface area (Å²) in [6.45, 7) is 0. The second-order valence-electron chi connectivity index (χ2n) is 6.68. The number of carbonyl (C=O) groups is 3. The zero-order valence-electron chi connectivity index (χ0n) is 15.0. The van der Waals surface area contributed by atoms with Gasteiger partial charge in [-0.1, -0.05) is 29.5 Å². The molecule has 29 heavy (non-hydrogen) atoms. The number of anilines is 1. The van der Waals surface area contributed by atoms with Crippen molar-refractivity contribution in [1.82, 2.24) is 4.98 Å². The Bertz CT molecular complexity index is 1110. The number of ketones is 2. The molecule has 1 aliphatic heterocycles. The van der Waals surface area contributed by atoms with Crippen LogP contribution in [0.4, 0.5) is 5.69 Å². The summed E-state index contributed by atoms with van der Waals surface area (Å²) in [5.41, 5.74) is 1.32. The molecule has 3 N–H and O–H groups in total. The van der Waals surface area contributed by atoms with Crippen molar-refractivity contribution in [3.8, 4) is 5.88 Å². The predicted molar refractivity (Wildman–Crippen MR) is 105 cm³/mol. The highest BCUT2D eigenvalue weighted by atomic mass is 32.1. The number of amides is 1. The lowest BCUT2D eigenvalue weighted by Crippen LogP contribution is -2.41. The molecule has 1 aliphatic carbocycles. The van der Waals surface area contributed by atoms with Gasteiger partial charge in [-0.3, -0.25) is 24.2 Å². The van der Waals surface area contributed by atoms with E-state index in [0.717, 1.165) is 23.0 Å². The molecule has 1 aromatic carbocycles. The first-order valence-corrected chi connectivity index (χ1v) is 9.65. The maximum Gasteiger partial charge on any atom is 0.307 e. The highest BCUT2D eigenvalue weighted by Crippen LogP contribution is 2.28. The molecule has 2 heterocycles. The molecule has 2 unspecified atom stereocenters. The molecule has 4 rings (SSSR count). The van der Waals surface area contributed by atoms with Crippen LogP contribution >= 0.6 is 11.3 Å². The number of carbonyl (C=O) groups excluding carboxylic acids is 3. The molecule has 0 saturated heterocycles. The molecular formula is C20H16N2O6S. The van der Waals surface area contributed by atoms with E-state index in [1.54, 1.807) is 36.4 Å². The van der Waals surface area contributed by atoms with Crippen molar-refractivity contribution < 1.29 is 24.2 Å². The van der Waals surface area contributed by atoms with Crippen molar-refractivity contribution in [1.29, 1.82) is 0 Å². The highest BCUT2D eigenvalue weighted by Gasteiger charge is 2.40. The number of rotatable bonds is 4. The third kappa shape index (κ3) is 3.90. The molecule has 2 aromatic rings. The monoisotopic (exact) mass is 412 g/mol. The van der Waals surface area contributed by atoms with Crippen LogP contribution in [0.15, 0.2) is 53.0 Å². The van der Waals surface area contributed by atoms with Gasteiger partial charge in [0.2, 0.25) is 5.88 Å². The van der Waals surface area contributed by atoms with Crippen LogP contribution in [-0.4, -0.2) is 33.7 Å². The Labute approximate surface area is 168 Å². The molecule has 1 amide bonds. The molecule has 0 saturated carbocycles. The number of aromatic hydroxyl groups is 1. The number of benzene rings is 1. The molecule has 1 aromatic heterocycles. The van der Waals surface area contributed by atoms with Gasteiger partial charge < -0.3 is 15.2 Å². The fraction of sp³-hybridized carbons (Fsp3) is 0.200. The molecule has 9 heteroatoms. The number of hydrogen-bond donors (Lipinski definition) is 3. The number of aromatic amines is 1. The van der Waals surface area contributed by atoms with Crippen LogP contribution in [0.25, 0.3) is 0 Å². The summed E-state index contributed by atoms with van der Waals surface area (Å²) in [5.74, 6) is -2.39. The van der Waals surface area contributed by atoms with E-state index in [1.807, 2.05) is 0 Å². The number of nitrogens with one attached hydrogen (secondary N) is 2. The Kier molecular flexibility index (Phi) is 4.89. The average molecular weight is 412 g/mol. The van der Waals surface area contributed by atoms with Crippen molar-refractivity contribution in [2.45, 2.75) is 18.9 Å². The van der Waals surface area contributed by atoms with Crippen LogP contribution in [0.5, 0.6) is 5.88 Å². The number of allylic oxidation sites excluding steroid dienone is 2. The van der Waals surface area contributed by atoms with Gasteiger partial charge in [-0.25, -0.2) is 0 Å². The Balaban J connectivity index is 1.43. The van der Waals surface area contributed by atoms with E-state index >= 15 is 0 Å². The lowest BCUT2D eigenvalue weighted by atomic mass is 9.85. The van der Waals surface area contributed by atoms with E-state index in [0.29, 0.717) is 17.0 Å². The fourth-order valence-corrected chi connectivity index (χ4v) is 4.00. The molecule has 148 valence electrons. The van der Waals surface area contributed by atoms with E-state index in [-0.39, 0.29) is 28.7 Å². The van der Waals surface area contributed by atoms with Crippen molar-refractivity contribution in [3.63, 3.8) is 0 Å². The third-order valence-electron chi connectivity index (χ3n) is 4.66. The summed E-state index contributed by atoms with van der Waals surface area (Å²) in [6.07, 6.45) is 4.14. The summed E-state index contributed by atoms with van der Waals surface area (Å²) < 4.78 is 5.54. The summed E-state index contributed by atoms with van der Waals surface area (Å²) in [6, 6.07) is 6.83. The van der Waals surface area contributed by atoms with Gasteiger partial charge in [-0.15, -0.1) is 0 Å². The molecule has 0 bridgehead atoms. The first kappa shape index (κ1) is 18.9. The van der Waals surface area contributed by atoms with Crippen molar-refractivity contribution in [2.24, 2.45) is 5.92 Å². The number of H-pyrrole nitrogens is 1. The maximum atomic E-state index is 12.5. The second-order valence-corrected chi connectivity index (χ2v) is 7.75. The number of thiazole rings is 1. The average Bonchev–Trinajstić information content (AvgIpc) is 3.00. The van der Waals surface area contributed by atoms with E-state index in [1.165, 1.54) is 0 Å². The molecule has 0 spiro atoms. The minimum absolute atomic E-state index is 0.137. The van der Waals surface area contributed by atoms with Crippen molar-refractivity contribution in [3.05, 3.63) is 68.4 Å². The lowest BCUT2D eigenvalue weighted by molar-refractivity contribution is -0.138. The van der Waals surface area contributed by atoms with Gasteiger partial charge in [0.05, 0.1) is 4.88 Å². The Hall–Kier alpha value is -3.46. The summed E-state index contributed by atoms with van der Waals surface area (Å²) in [7, 11) is 0. The molecular weight excluding hydrogens is 396 g/mol. The Morgan fingerprint density at radius 2 is 2.00 bits per heavy atom.